The molecule has 12 nitrogen and oxygen atoms in total. The summed E-state index contributed by atoms with van der Waals surface area (Å²) in [4.78, 5) is 23.2. The number of benzene rings is 4. The maximum Gasteiger partial charge on any atom is 0.282 e. The van der Waals surface area contributed by atoms with E-state index in [4.69, 9.17) is 28.2 Å². The van der Waals surface area contributed by atoms with Crippen LogP contribution >= 0.6 is 0 Å². The molecule has 12 heteroatoms. The van der Waals surface area contributed by atoms with E-state index >= 15 is 0 Å². The zero-order valence-corrected chi connectivity index (χ0v) is 31.2. The number of rotatable bonds is 18. The number of hydrogen-bond acceptors (Lipinski definition) is 11. The number of aryl methyl sites for hydroxylation is 2. The van der Waals surface area contributed by atoms with Gasteiger partial charge in [-0.1, -0.05) is 103 Å². The lowest BCUT2D eigenvalue weighted by Gasteiger charge is -2.38. The van der Waals surface area contributed by atoms with E-state index in [1.807, 2.05) is 87.5 Å². The minimum absolute atomic E-state index is 0.00448. The predicted molar refractivity (Wildman–Crippen MR) is 203 cm³/mol. The Bertz CT molecular complexity index is 2060. The van der Waals surface area contributed by atoms with Gasteiger partial charge in [0.15, 0.2) is 11.5 Å². The van der Waals surface area contributed by atoms with Crippen LogP contribution in [0, 0.1) is 19.8 Å². The largest absolute Gasteiger partial charge is 0.388 e. The molecule has 54 heavy (non-hydrogen) atoms. The van der Waals surface area contributed by atoms with Crippen molar-refractivity contribution in [3.8, 4) is 11.6 Å². The molecule has 0 saturated heterocycles. The van der Waals surface area contributed by atoms with E-state index in [0.29, 0.717) is 11.0 Å². The highest BCUT2D eigenvalue weighted by atomic mass is 16.7. The Kier molecular flexibility index (Phi) is 12.8. The zero-order chi connectivity index (χ0) is 38.1. The number of nitrogens with zero attached hydrogens (tertiary/aromatic N) is 4. The maximum atomic E-state index is 14.3. The highest BCUT2D eigenvalue weighted by Crippen LogP contribution is 2.41. The Balaban J connectivity index is 1.42. The fourth-order valence-electron chi connectivity index (χ4n) is 6.66. The Hall–Kier alpha value is -5.08. The Morgan fingerprint density at radius 2 is 1.31 bits per heavy atom. The van der Waals surface area contributed by atoms with Gasteiger partial charge in [-0.2, -0.15) is 4.98 Å². The minimum atomic E-state index is -0.999. The Morgan fingerprint density at radius 1 is 0.778 bits per heavy atom. The average molecular weight is 735 g/mol. The van der Waals surface area contributed by atoms with Crippen LogP contribution in [0.1, 0.15) is 40.6 Å². The lowest BCUT2D eigenvalue weighted by molar-refractivity contribution is -0.166. The molecule has 0 aliphatic rings. The van der Waals surface area contributed by atoms with Gasteiger partial charge >= 0.3 is 0 Å². The number of fused-ring (bicyclic) bond motifs is 1. The quantitative estimate of drug-likeness (QED) is 0.0800. The fourth-order valence-corrected chi connectivity index (χ4v) is 6.66. The maximum absolute atomic E-state index is 14.3. The van der Waals surface area contributed by atoms with E-state index in [0.717, 1.165) is 27.8 Å². The first kappa shape index (κ1) is 38.6. The van der Waals surface area contributed by atoms with Gasteiger partial charge in [-0.05, 0) is 53.8 Å². The molecule has 3 atom stereocenters. The van der Waals surface area contributed by atoms with Crippen molar-refractivity contribution < 1.29 is 33.3 Å². The highest BCUT2D eigenvalue weighted by Gasteiger charge is 2.40. The van der Waals surface area contributed by atoms with Crippen LogP contribution in [-0.2, 0) is 42.4 Å². The molecule has 0 radical (unpaired) electrons. The van der Waals surface area contributed by atoms with E-state index in [-0.39, 0.29) is 50.1 Å². The van der Waals surface area contributed by atoms with Gasteiger partial charge in [-0.15, -0.1) is 0 Å². The summed E-state index contributed by atoms with van der Waals surface area (Å²) in [5.74, 6) is -0.428. The molecule has 0 amide bonds. The number of aromatic nitrogens is 4. The predicted octanol–water partition coefficient (Wildman–Crippen LogP) is 6.18. The van der Waals surface area contributed by atoms with E-state index in [9.17, 15) is 9.90 Å². The third kappa shape index (κ3) is 8.19. The van der Waals surface area contributed by atoms with Crippen molar-refractivity contribution in [3.05, 3.63) is 147 Å². The molecular weight excluding hydrogens is 688 g/mol. The Morgan fingerprint density at radius 3 is 1.83 bits per heavy atom. The van der Waals surface area contributed by atoms with Crippen LogP contribution in [0.4, 0.5) is 0 Å². The van der Waals surface area contributed by atoms with Gasteiger partial charge in [0.1, 0.15) is 25.8 Å². The summed E-state index contributed by atoms with van der Waals surface area (Å²) in [5.41, 5.74) is 4.50. The summed E-state index contributed by atoms with van der Waals surface area (Å²) in [6.07, 6.45) is -1.22. The van der Waals surface area contributed by atoms with E-state index in [2.05, 4.69) is 51.5 Å². The lowest BCUT2D eigenvalue weighted by atomic mass is 9.80. The fraction of sp³-hybridized carbons (Fsp3) is 0.333. The molecular formula is C42H46N4O8. The molecule has 0 fully saturated rings. The zero-order valence-electron chi connectivity index (χ0n) is 31.2. The molecule has 2 heterocycles. The summed E-state index contributed by atoms with van der Waals surface area (Å²) in [5, 5.41) is 13.3. The van der Waals surface area contributed by atoms with Crippen molar-refractivity contribution in [2.75, 3.05) is 34.4 Å². The number of hydrogen-bond donors (Lipinski definition) is 1. The summed E-state index contributed by atoms with van der Waals surface area (Å²) in [6.45, 7) is 5.68. The molecule has 6 rings (SSSR count). The van der Waals surface area contributed by atoms with Gasteiger partial charge in [0.25, 0.3) is 11.4 Å². The first-order chi connectivity index (χ1) is 26.3. The third-order valence-electron chi connectivity index (χ3n) is 9.71. The second-order valence-electron chi connectivity index (χ2n) is 13.1. The van der Waals surface area contributed by atoms with Crippen LogP contribution in [0.15, 0.2) is 112 Å². The second kappa shape index (κ2) is 17.8. The number of methoxy groups -OCH3 is 2. The van der Waals surface area contributed by atoms with Crippen molar-refractivity contribution in [3.63, 3.8) is 0 Å². The van der Waals surface area contributed by atoms with Crippen molar-refractivity contribution in [2.45, 2.75) is 51.7 Å². The first-order valence-electron chi connectivity index (χ1n) is 17.8. The highest BCUT2D eigenvalue weighted by molar-refractivity contribution is 5.78. The molecule has 0 unspecified atom stereocenters. The van der Waals surface area contributed by atoms with Gasteiger partial charge in [0.2, 0.25) is 0 Å². The van der Waals surface area contributed by atoms with Crippen LogP contribution in [0.25, 0.3) is 22.6 Å². The number of ether oxygens (including phenoxy) is 5. The Labute approximate surface area is 314 Å². The molecule has 0 spiro atoms. The standard InChI is InChI=1S/C42H46N4O8/c1-28-21-34-35(22-29(28)2)46(41(48)39(43-34)40-44-38(24-47)45-54-40)23-36(51-26-49-4)30(3)37(52-27-50-5)25-53-42(31-15-9-6-10-16-31,32-17-11-7-12-18-32)33-19-13-8-14-20-33/h6-22,30,36-37,47H,23-27H2,1-5H3/t30-,36-,37+/m0/s1. The lowest BCUT2D eigenvalue weighted by Crippen LogP contribution is -2.44. The number of aliphatic hydroxyl groups excluding tert-OH is 1. The minimum Gasteiger partial charge on any atom is -0.388 e. The van der Waals surface area contributed by atoms with Gasteiger partial charge in [0.05, 0.1) is 36.4 Å². The van der Waals surface area contributed by atoms with Crippen LogP contribution in [0.3, 0.4) is 0 Å². The van der Waals surface area contributed by atoms with E-state index in [1.165, 1.54) is 0 Å². The molecule has 1 N–H and O–H groups in total. The normalized spacial score (nSPS) is 13.6. The second-order valence-corrected chi connectivity index (χ2v) is 13.1. The molecule has 0 aliphatic carbocycles. The van der Waals surface area contributed by atoms with Crippen molar-refractivity contribution in [1.29, 1.82) is 0 Å². The molecule has 0 aliphatic heterocycles. The van der Waals surface area contributed by atoms with Crippen molar-refractivity contribution >= 4 is 11.0 Å². The van der Waals surface area contributed by atoms with Crippen LogP contribution in [-0.4, -0.2) is 71.4 Å². The van der Waals surface area contributed by atoms with Crippen molar-refractivity contribution in [2.24, 2.45) is 5.92 Å². The smallest absolute Gasteiger partial charge is 0.282 e. The summed E-state index contributed by atoms with van der Waals surface area (Å²) < 4.78 is 37.7. The van der Waals surface area contributed by atoms with Crippen molar-refractivity contribution in [1.82, 2.24) is 19.7 Å². The monoisotopic (exact) mass is 734 g/mol. The summed E-state index contributed by atoms with van der Waals surface area (Å²) >= 11 is 0. The topological polar surface area (TPSA) is 140 Å². The summed E-state index contributed by atoms with van der Waals surface area (Å²) in [6, 6.07) is 34.2. The first-order valence-corrected chi connectivity index (χ1v) is 17.8. The molecule has 282 valence electrons. The van der Waals surface area contributed by atoms with Crippen LogP contribution in [0.2, 0.25) is 0 Å². The van der Waals surface area contributed by atoms with E-state index < -0.39 is 30.0 Å². The van der Waals surface area contributed by atoms with Gasteiger partial charge in [-0.25, -0.2) is 4.98 Å². The van der Waals surface area contributed by atoms with E-state index in [1.54, 1.807) is 18.8 Å². The SMILES string of the molecule is COCO[C@@H](Cn1c(=O)c(-c2nc(CO)no2)nc2cc(C)c(C)cc21)[C@H](C)[C@@H](COC(c1ccccc1)(c1ccccc1)c1ccccc1)OCOC. The average Bonchev–Trinajstić information content (AvgIpc) is 3.69. The molecule has 4 aromatic carbocycles. The molecule has 0 bridgehead atoms. The molecule has 0 saturated carbocycles. The third-order valence-corrected chi connectivity index (χ3v) is 9.71. The van der Waals surface area contributed by atoms with Gasteiger partial charge in [0, 0.05) is 20.1 Å². The molecule has 6 aromatic rings. The van der Waals surface area contributed by atoms with Gasteiger partial charge < -0.3 is 37.9 Å². The van der Waals surface area contributed by atoms with Gasteiger partial charge in [-0.3, -0.25) is 4.79 Å². The molecule has 2 aromatic heterocycles. The number of aliphatic hydroxyl groups is 1. The van der Waals surface area contributed by atoms with Crippen LogP contribution in [0.5, 0.6) is 0 Å². The summed E-state index contributed by atoms with van der Waals surface area (Å²) in [7, 11) is 3.11. The van der Waals surface area contributed by atoms with Crippen LogP contribution < -0.4 is 5.56 Å².